The van der Waals surface area contributed by atoms with Gasteiger partial charge in [0.05, 0.1) is 13.7 Å². The van der Waals surface area contributed by atoms with E-state index in [1.165, 1.54) is 11.8 Å². The van der Waals surface area contributed by atoms with Crippen LogP contribution in [0.2, 0.25) is 0 Å². The van der Waals surface area contributed by atoms with E-state index in [0.29, 0.717) is 27.3 Å². The van der Waals surface area contributed by atoms with Crippen molar-refractivity contribution in [3.05, 3.63) is 77.3 Å². The van der Waals surface area contributed by atoms with Gasteiger partial charge in [-0.05, 0) is 67.6 Å². The van der Waals surface area contributed by atoms with Gasteiger partial charge in [-0.15, -0.1) is 10.2 Å². The summed E-state index contributed by atoms with van der Waals surface area (Å²) in [7, 11) is 1.59. The number of aromatic nitrogens is 4. The lowest BCUT2D eigenvalue weighted by molar-refractivity contribution is 0.0949. The van der Waals surface area contributed by atoms with Gasteiger partial charge in [0.15, 0.2) is 5.82 Å². The van der Waals surface area contributed by atoms with Gasteiger partial charge in [0, 0.05) is 17.3 Å². The van der Waals surface area contributed by atoms with E-state index in [4.69, 9.17) is 9.26 Å². The fourth-order valence-corrected chi connectivity index (χ4v) is 3.87. The summed E-state index contributed by atoms with van der Waals surface area (Å²) in [6.07, 6.45) is 0. The van der Waals surface area contributed by atoms with E-state index in [9.17, 15) is 4.79 Å². The quantitative estimate of drug-likeness (QED) is 0.469. The van der Waals surface area contributed by atoms with E-state index in [-0.39, 0.29) is 12.5 Å². The van der Waals surface area contributed by atoms with E-state index in [2.05, 4.69) is 20.7 Å². The Morgan fingerprint density at radius 2 is 1.94 bits per heavy atom. The topological polar surface area (TPSA) is 95.1 Å². The zero-order chi connectivity index (χ0) is 21.8. The van der Waals surface area contributed by atoms with E-state index >= 15 is 0 Å². The van der Waals surface area contributed by atoms with Crippen LogP contribution in [0.1, 0.15) is 27.5 Å². The molecule has 2 aromatic carbocycles. The molecule has 158 valence electrons. The minimum atomic E-state index is -0.206. The predicted molar refractivity (Wildman–Crippen MR) is 116 cm³/mol. The molecule has 0 radical (unpaired) electrons. The molecule has 0 aliphatic rings. The first kappa shape index (κ1) is 20.7. The molecule has 0 spiro atoms. The minimum absolute atomic E-state index is 0.206. The predicted octanol–water partition coefficient (Wildman–Crippen LogP) is 3.96. The van der Waals surface area contributed by atoms with Crippen molar-refractivity contribution in [1.82, 2.24) is 25.2 Å². The number of nitrogens with zero attached hydrogens (tertiary/aromatic N) is 4. The summed E-state index contributed by atoms with van der Waals surface area (Å²) in [5.41, 5.74) is 2.55. The van der Waals surface area contributed by atoms with Crippen molar-refractivity contribution in [2.45, 2.75) is 30.6 Å². The van der Waals surface area contributed by atoms with Crippen molar-refractivity contribution >= 4 is 17.7 Å². The Balaban J connectivity index is 1.59. The first-order chi connectivity index (χ1) is 15.0. The molecule has 0 saturated carbocycles. The number of aryl methyl sites for hydroxylation is 2. The molecular formula is C22H21N5O3S. The van der Waals surface area contributed by atoms with E-state index < -0.39 is 0 Å². The van der Waals surface area contributed by atoms with Crippen LogP contribution in [0.4, 0.5) is 0 Å². The molecule has 1 N–H and O–H groups in total. The number of rotatable bonds is 7. The molecule has 4 rings (SSSR count). The van der Waals surface area contributed by atoms with Gasteiger partial charge >= 0.3 is 0 Å². The Kier molecular flexibility index (Phi) is 6.03. The smallest absolute Gasteiger partial charge is 0.251 e. The van der Waals surface area contributed by atoms with E-state index in [0.717, 1.165) is 17.0 Å². The van der Waals surface area contributed by atoms with Crippen LogP contribution >= 0.6 is 11.8 Å². The van der Waals surface area contributed by atoms with Crippen molar-refractivity contribution in [3.8, 4) is 11.4 Å². The highest BCUT2D eigenvalue weighted by Crippen LogP contribution is 2.29. The Labute approximate surface area is 183 Å². The first-order valence-electron chi connectivity index (χ1n) is 9.58. The summed E-state index contributed by atoms with van der Waals surface area (Å²) < 4.78 is 12.2. The monoisotopic (exact) mass is 435 g/mol. The van der Waals surface area contributed by atoms with Crippen molar-refractivity contribution in [1.29, 1.82) is 0 Å². The molecule has 9 heteroatoms. The number of amides is 1. The van der Waals surface area contributed by atoms with Crippen LogP contribution in [0.25, 0.3) is 5.69 Å². The number of nitrogens with one attached hydrogen (secondary N) is 1. The maximum atomic E-state index is 12.6. The normalized spacial score (nSPS) is 10.8. The number of methoxy groups -OCH3 is 1. The molecule has 0 bridgehead atoms. The molecule has 2 aromatic heterocycles. The van der Waals surface area contributed by atoms with E-state index in [1.54, 1.807) is 31.4 Å². The van der Waals surface area contributed by atoms with Crippen molar-refractivity contribution in [2.75, 3.05) is 7.11 Å². The summed E-state index contributed by atoms with van der Waals surface area (Å²) in [6.45, 7) is 4.07. The Bertz CT molecular complexity index is 1200. The highest BCUT2D eigenvalue weighted by Gasteiger charge is 2.18. The minimum Gasteiger partial charge on any atom is -0.497 e. The molecule has 2 heterocycles. The zero-order valence-corrected chi connectivity index (χ0v) is 18.1. The van der Waals surface area contributed by atoms with Crippen LogP contribution in [0.3, 0.4) is 0 Å². The van der Waals surface area contributed by atoms with Gasteiger partial charge in [0.2, 0.25) is 5.16 Å². The number of hydrogen-bond acceptors (Lipinski definition) is 7. The van der Waals surface area contributed by atoms with Crippen molar-refractivity contribution < 1.29 is 14.1 Å². The number of carbonyl (C=O) groups is 1. The van der Waals surface area contributed by atoms with Crippen LogP contribution < -0.4 is 10.1 Å². The second-order valence-electron chi connectivity index (χ2n) is 6.86. The lowest BCUT2D eigenvalue weighted by Crippen LogP contribution is -2.24. The maximum absolute atomic E-state index is 12.6. The summed E-state index contributed by atoms with van der Waals surface area (Å²) in [4.78, 5) is 12.6. The summed E-state index contributed by atoms with van der Waals surface area (Å²) in [5.74, 6) is 1.81. The average molecular weight is 436 g/mol. The second-order valence-corrected chi connectivity index (χ2v) is 7.85. The first-order valence-corrected chi connectivity index (χ1v) is 10.4. The third-order valence-electron chi connectivity index (χ3n) is 4.52. The Morgan fingerprint density at radius 3 is 2.61 bits per heavy atom. The lowest BCUT2D eigenvalue weighted by Gasteiger charge is -2.11. The van der Waals surface area contributed by atoms with Crippen LogP contribution in [-0.2, 0) is 6.54 Å². The lowest BCUT2D eigenvalue weighted by atomic mass is 10.2. The fourth-order valence-electron chi connectivity index (χ4n) is 3.00. The Morgan fingerprint density at radius 1 is 1.13 bits per heavy atom. The third kappa shape index (κ3) is 4.77. The summed E-state index contributed by atoms with van der Waals surface area (Å²) >= 11 is 1.35. The molecule has 0 saturated heterocycles. The van der Waals surface area contributed by atoms with E-state index in [1.807, 2.05) is 48.7 Å². The molecule has 0 aliphatic heterocycles. The SMILES string of the molecule is COc1ccc(C(=O)NCc2nnc(Sc3cc(C)on3)n2-c2cccc(C)c2)cc1. The molecule has 8 nitrogen and oxygen atoms in total. The average Bonchev–Trinajstić information content (AvgIpc) is 3.38. The fraction of sp³-hybridized carbons (Fsp3) is 0.182. The number of benzene rings is 2. The summed E-state index contributed by atoms with van der Waals surface area (Å²) in [5, 5.41) is 16.9. The van der Waals surface area contributed by atoms with Crippen molar-refractivity contribution in [2.24, 2.45) is 0 Å². The third-order valence-corrected chi connectivity index (χ3v) is 5.37. The van der Waals surface area contributed by atoms with Crippen LogP contribution in [0, 0.1) is 13.8 Å². The van der Waals surface area contributed by atoms with Crippen LogP contribution in [0.15, 0.2) is 69.3 Å². The van der Waals surface area contributed by atoms with Gasteiger partial charge in [-0.2, -0.15) is 0 Å². The standard InChI is InChI=1S/C22H21N5O3S/c1-14-5-4-6-17(11-14)27-19(24-25-22(27)31-20-12-15(2)30-26-20)13-23-21(28)16-7-9-18(29-3)10-8-16/h4-12H,13H2,1-3H3,(H,23,28). The van der Waals surface area contributed by atoms with Gasteiger partial charge in [-0.1, -0.05) is 17.3 Å². The summed E-state index contributed by atoms with van der Waals surface area (Å²) in [6, 6.07) is 16.8. The largest absolute Gasteiger partial charge is 0.497 e. The second kappa shape index (κ2) is 9.05. The van der Waals surface area contributed by atoms with Gasteiger partial charge in [0.25, 0.3) is 5.91 Å². The molecule has 4 aromatic rings. The van der Waals surface area contributed by atoms with Gasteiger partial charge < -0.3 is 14.6 Å². The number of carbonyl (C=O) groups excluding carboxylic acids is 1. The van der Waals surface area contributed by atoms with Gasteiger partial charge in [-0.3, -0.25) is 9.36 Å². The zero-order valence-electron chi connectivity index (χ0n) is 17.3. The number of hydrogen-bond donors (Lipinski definition) is 1. The Hall–Kier alpha value is -3.59. The van der Waals surface area contributed by atoms with Gasteiger partial charge in [0.1, 0.15) is 16.5 Å². The van der Waals surface area contributed by atoms with Crippen molar-refractivity contribution in [3.63, 3.8) is 0 Å². The van der Waals surface area contributed by atoms with Crippen LogP contribution in [-0.4, -0.2) is 32.9 Å². The molecule has 0 fully saturated rings. The molecule has 0 unspecified atom stereocenters. The molecular weight excluding hydrogens is 414 g/mol. The highest BCUT2D eigenvalue weighted by atomic mass is 32.2. The number of ether oxygens (including phenoxy) is 1. The molecule has 0 aliphatic carbocycles. The molecule has 1 amide bonds. The molecule has 0 atom stereocenters. The molecule has 31 heavy (non-hydrogen) atoms. The highest BCUT2D eigenvalue weighted by molar-refractivity contribution is 7.99. The van der Waals surface area contributed by atoms with Crippen LogP contribution in [0.5, 0.6) is 5.75 Å². The maximum Gasteiger partial charge on any atom is 0.251 e. The van der Waals surface area contributed by atoms with Gasteiger partial charge in [-0.25, -0.2) is 0 Å².